The third kappa shape index (κ3) is 4.92. The molecular formula is C12H18Cl3NO. The van der Waals surface area contributed by atoms with Crippen molar-refractivity contribution in [1.82, 2.24) is 0 Å². The molecule has 2 nitrogen and oxygen atoms in total. The number of benzene rings is 1. The van der Waals surface area contributed by atoms with E-state index in [0.29, 0.717) is 15.6 Å². The van der Waals surface area contributed by atoms with Crippen LogP contribution in [0, 0.1) is 0 Å². The van der Waals surface area contributed by atoms with Crippen LogP contribution in [0.5, 0.6) is 5.75 Å². The normalized spacial score (nSPS) is 12.0. The molecular weight excluding hydrogens is 280 g/mol. The molecule has 0 amide bonds. The molecule has 0 spiro atoms. The molecule has 1 atom stereocenters. The number of nitrogens with two attached hydrogens (primary N) is 1. The molecule has 0 radical (unpaired) electrons. The lowest BCUT2D eigenvalue weighted by Gasteiger charge is -2.15. The number of aromatic hydroxyl groups is 1. The van der Waals surface area contributed by atoms with Gasteiger partial charge in [0.25, 0.3) is 0 Å². The van der Waals surface area contributed by atoms with Gasteiger partial charge in [-0.1, -0.05) is 49.4 Å². The minimum absolute atomic E-state index is 0. The van der Waals surface area contributed by atoms with Crippen LogP contribution < -0.4 is 5.73 Å². The summed E-state index contributed by atoms with van der Waals surface area (Å²) in [6.45, 7) is 2.14. The predicted octanol–water partition coefficient (Wildman–Crippen LogP) is 4.70. The second-order valence-corrected chi connectivity index (χ2v) is 4.77. The summed E-state index contributed by atoms with van der Waals surface area (Å²) in [5.41, 5.74) is 6.60. The van der Waals surface area contributed by atoms with Crippen LogP contribution in [0.2, 0.25) is 10.0 Å². The summed E-state index contributed by atoms with van der Waals surface area (Å²) < 4.78 is 0. The molecule has 0 heterocycles. The maximum absolute atomic E-state index is 9.75. The van der Waals surface area contributed by atoms with E-state index in [-0.39, 0.29) is 24.2 Å². The first-order valence-corrected chi connectivity index (χ1v) is 6.25. The van der Waals surface area contributed by atoms with Crippen molar-refractivity contribution in [2.24, 2.45) is 5.73 Å². The molecule has 1 rings (SSSR count). The lowest BCUT2D eigenvalue weighted by atomic mass is 10.0. The lowest BCUT2D eigenvalue weighted by Crippen LogP contribution is -2.11. The number of phenols is 1. The molecule has 0 saturated heterocycles. The van der Waals surface area contributed by atoms with Crippen LogP contribution in [-0.4, -0.2) is 5.11 Å². The topological polar surface area (TPSA) is 46.2 Å². The van der Waals surface area contributed by atoms with Gasteiger partial charge in [0, 0.05) is 16.6 Å². The molecule has 0 unspecified atom stereocenters. The Morgan fingerprint density at radius 2 is 1.94 bits per heavy atom. The maximum atomic E-state index is 9.75. The fraction of sp³-hybridized carbons (Fsp3) is 0.500. The maximum Gasteiger partial charge on any atom is 0.123 e. The van der Waals surface area contributed by atoms with Crippen molar-refractivity contribution in [2.75, 3.05) is 0 Å². The Morgan fingerprint density at radius 3 is 2.47 bits per heavy atom. The smallest absolute Gasteiger partial charge is 0.123 e. The Balaban J connectivity index is 0.00000256. The molecule has 0 aliphatic rings. The second kappa shape index (κ2) is 8.04. The van der Waals surface area contributed by atoms with Crippen LogP contribution >= 0.6 is 35.6 Å². The third-order valence-corrected chi connectivity index (χ3v) is 3.09. The van der Waals surface area contributed by atoms with Crippen molar-refractivity contribution in [2.45, 2.75) is 38.6 Å². The number of halogens is 3. The zero-order valence-corrected chi connectivity index (χ0v) is 12.1. The predicted molar refractivity (Wildman–Crippen MR) is 76.4 cm³/mol. The summed E-state index contributed by atoms with van der Waals surface area (Å²) in [4.78, 5) is 0. The van der Waals surface area contributed by atoms with Crippen molar-refractivity contribution in [1.29, 1.82) is 0 Å². The van der Waals surface area contributed by atoms with Crippen molar-refractivity contribution < 1.29 is 5.11 Å². The summed E-state index contributed by atoms with van der Waals surface area (Å²) in [5, 5.41) is 10.6. The average Bonchev–Trinajstić information content (AvgIpc) is 2.16. The van der Waals surface area contributed by atoms with Gasteiger partial charge in [-0.3, -0.25) is 0 Å². The van der Waals surface area contributed by atoms with Crippen molar-refractivity contribution in [3.63, 3.8) is 0 Å². The third-order valence-electron chi connectivity index (χ3n) is 2.56. The summed E-state index contributed by atoms with van der Waals surface area (Å²) >= 11 is 11.8. The van der Waals surface area contributed by atoms with Crippen LogP contribution in [0.3, 0.4) is 0 Å². The SMILES string of the molecule is CCCCC[C@@H](N)c1c(O)cc(Cl)cc1Cl.Cl. The molecule has 98 valence electrons. The lowest BCUT2D eigenvalue weighted by molar-refractivity contribution is 0.456. The van der Waals surface area contributed by atoms with Gasteiger partial charge in [0.2, 0.25) is 0 Å². The van der Waals surface area contributed by atoms with Crippen LogP contribution in [0.1, 0.15) is 44.2 Å². The Labute approximate surface area is 119 Å². The summed E-state index contributed by atoms with van der Waals surface area (Å²) in [7, 11) is 0. The van der Waals surface area contributed by atoms with Gasteiger partial charge in [-0.15, -0.1) is 12.4 Å². The van der Waals surface area contributed by atoms with E-state index in [1.807, 2.05) is 0 Å². The van der Waals surface area contributed by atoms with Crippen LogP contribution in [0.25, 0.3) is 0 Å². The van der Waals surface area contributed by atoms with E-state index in [9.17, 15) is 5.11 Å². The first-order chi connectivity index (χ1) is 7.56. The Bertz CT molecular complexity index is 335. The van der Waals surface area contributed by atoms with E-state index in [2.05, 4.69) is 6.92 Å². The summed E-state index contributed by atoms with van der Waals surface area (Å²) in [5.74, 6) is 0.0847. The quantitative estimate of drug-likeness (QED) is 0.774. The van der Waals surface area contributed by atoms with E-state index in [4.69, 9.17) is 28.9 Å². The number of rotatable bonds is 5. The summed E-state index contributed by atoms with van der Waals surface area (Å²) in [6, 6.07) is 2.86. The molecule has 0 aliphatic carbocycles. The minimum Gasteiger partial charge on any atom is -0.508 e. The molecule has 0 bridgehead atoms. The molecule has 1 aromatic rings. The van der Waals surface area contributed by atoms with E-state index >= 15 is 0 Å². The van der Waals surface area contributed by atoms with Gasteiger partial charge in [0.05, 0.1) is 5.02 Å². The Hall–Kier alpha value is -0.150. The molecule has 17 heavy (non-hydrogen) atoms. The highest BCUT2D eigenvalue weighted by Gasteiger charge is 2.15. The van der Waals surface area contributed by atoms with E-state index < -0.39 is 0 Å². The molecule has 0 aromatic heterocycles. The second-order valence-electron chi connectivity index (χ2n) is 3.92. The fourth-order valence-electron chi connectivity index (χ4n) is 1.70. The number of hydrogen-bond donors (Lipinski definition) is 2. The molecule has 1 aromatic carbocycles. The van der Waals surface area contributed by atoms with Gasteiger partial charge >= 0.3 is 0 Å². The highest BCUT2D eigenvalue weighted by Crippen LogP contribution is 2.35. The highest BCUT2D eigenvalue weighted by atomic mass is 35.5. The Morgan fingerprint density at radius 1 is 1.29 bits per heavy atom. The van der Waals surface area contributed by atoms with Crippen LogP contribution in [0.15, 0.2) is 12.1 Å². The van der Waals surface area contributed by atoms with Crippen LogP contribution in [-0.2, 0) is 0 Å². The number of hydrogen-bond acceptors (Lipinski definition) is 2. The first-order valence-electron chi connectivity index (χ1n) is 5.49. The standard InChI is InChI=1S/C12H17Cl2NO.ClH/c1-2-3-4-5-10(15)12-9(14)6-8(13)7-11(12)16;/h6-7,10,16H,2-5,15H2,1H3;1H/t10-;/m1./s1. The van der Waals surface area contributed by atoms with Gasteiger partial charge in [-0.2, -0.15) is 0 Å². The van der Waals surface area contributed by atoms with E-state index in [0.717, 1.165) is 25.7 Å². The van der Waals surface area contributed by atoms with Gasteiger partial charge < -0.3 is 10.8 Å². The fourth-order valence-corrected chi connectivity index (χ4v) is 2.32. The van der Waals surface area contributed by atoms with Gasteiger partial charge in [0.15, 0.2) is 0 Å². The largest absolute Gasteiger partial charge is 0.508 e. The van der Waals surface area contributed by atoms with E-state index in [1.54, 1.807) is 6.07 Å². The zero-order valence-electron chi connectivity index (χ0n) is 9.75. The first kappa shape index (κ1) is 16.9. The van der Waals surface area contributed by atoms with Gasteiger partial charge in [-0.05, 0) is 18.6 Å². The molecule has 0 saturated carbocycles. The molecule has 3 N–H and O–H groups in total. The molecule has 0 aliphatic heterocycles. The number of unbranched alkanes of at least 4 members (excludes halogenated alkanes) is 2. The molecule has 5 heteroatoms. The summed E-state index contributed by atoms with van der Waals surface area (Å²) in [6.07, 6.45) is 4.14. The van der Waals surface area contributed by atoms with Crippen molar-refractivity contribution in [3.05, 3.63) is 27.7 Å². The monoisotopic (exact) mass is 297 g/mol. The average molecular weight is 299 g/mol. The van der Waals surface area contributed by atoms with Crippen LogP contribution in [0.4, 0.5) is 0 Å². The van der Waals surface area contributed by atoms with Gasteiger partial charge in [-0.25, -0.2) is 0 Å². The zero-order chi connectivity index (χ0) is 12.1. The number of phenolic OH excluding ortho intramolecular Hbond substituents is 1. The Kier molecular flexibility index (Phi) is 7.97. The highest BCUT2D eigenvalue weighted by molar-refractivity contribution is 6.35. The van der Waals surface area contributed by atoms with Crippen molar-refractivity contribution in [3.8, 4) is 5.75 Å². The van der Waals surface area contributed by atoms with E-state index in [1.165, 1.54) is 6.07 Å². The van der Waals surface area contributed by atoms with Gasteiger partial charge in [0.1, 0.15) is 5.75 Å². The molecule has 0 fully saturated rings. The van der Waals surface area contributed by atoms with Crippen molar-refractivity contribution >= 4 is 35.6 Å². The minimum atomic E-state index is -0.226.